The van der Waals surface area contributed by atoms with E-state index in [1.54, 1.807) is 0 Å². The largest absolute Gasteiger partial charge is 0.490 e. The first-order chi connectivity index (χ1) is 9.14. The van der Waals surface area contributed by atoms with Gasteiger partial charge in [0, 0.05) is 0 Å². The molecule has 2 heterocycles. The Bertz CT molecular complexity index is 329. The predicted molar refractivity (Wildman–Crippen MR) is 60.7 cm³/mol. The second-order valence-electron chi connectivity index (χ2n) is 4.79. The minimum atomic E-state index is -5.08. The Morgan fingerprint density at radius 2 is 1.75 bits per heavy atom. The molecule has 2 aliphatic heterocycles. The molecule has 1 atom stereocenters. The van der Waals surface area contributed by atoms with Crippen LogP contribution in [0.15, 0.2) is 0 Å². The van der Waals surface area contributed by atoms with Crippen LogP contribution < -0.4 is 5.32 Å². The predicted octanol–water partition coefficient (Wildman–Crippen LogP) is 1.71. The average molecular weight is 304 g/mol. The number of hydrogen-bond donors (Lipinski definition) is 2. The number of halogens is 5. The second-order valence-corrected chi connectivity index (χ2v) is 4.79. The highest BCUT2D eigenvalue weighted by Gasteiger charge is 2.45. The zero-order chi connectivity index (χ0) is 15.4. The van der Waals surface area contributed by atoms with Crippen molar-refractivity contribution in [1.29, 1.82) is 0 Å². The fraction of sp³-hybridized carbons (Fsp3) is 0.909. The van der Waals surface area contributed by atoms with Gasteiger partial charge in [-0.05, 0) is 38.9 Å². The second kappa shape index (κ2) is 6.66. The molecule has 0 aromatic rings. The minimum Gasteiger partial charge on any atom is -0.475 e. The van der Waals surface area contributed by atoms with E-state index in [0.29, 0.717) is 6.42 Å². The highest BCUT2D eigenvalue weighted by Crippen LogP contribution is 2.29. The summed E-state index contributed by atoms with van der Waals surface area (Å²) >= 11 is 0. The third-order valence-corrected chi connectivity index (χ3v) is 3.27. The van der Waals surface area contributed by atoms with Gasteiger partial charge in [0.25, 0.3) is 5.92 Å². The summed E-state index contributed by atoms with van der Waals surface area (Å²) in [5, 5.41) is 9.88. The number of nitrogens with zero attached hydrogens (tertiary/aromatic N) is 1. The summed E-state index contributed by atoms with van der Waals surface area (Å²) in [6, 6.07) is -0.503. The molecule has 2 saturated heterocycles. The van der Waals surface area contributed by atoms with E-state index in [-0.39, 0.29) is 6.54 Å². The van der Waals surface area contributed by atoms with Gasteiger partial charge in [-0.2, -0.15) is 13.2 Å². The molecular weight excluding hydrogens is 287 g/mol. The topological polar surface area (TPSA) is 52.6 Å². The molecule has 2 N–H and O–H groups in total. The molecule has 2 fully saturated rings. The molecule has 0 aromatic carbocycles. The first-order valence-electron chi connectivity index (χ1n) is 6.27. The standard InChI is InChI=1S/C9H16F2N2.C2HF3O2/c10-9(11)7-12-4-3-8(9)13-5-1-2-6-13;3-2(4,5)1(6)7/h8,12H,1-7H2;(H,6,7). The van der Waals surface area contributed by atoms with Gasteiger partial charge in [-0.25, -0.2) is 13.6 Å². The molecule has 1 unspecified atom stereocenters. The number of carboxylic acids is 1. The van der Waals surface area contributed by atoms with Crippen LogP contribution in [0.25, 0.3) is 0 Å². The van der Waals surface area contributed by atoms with E-state index in [2.05, 4.69) is 5.32 Å². The van der Waals surface area contributed by atoms with Gasteiger partial charge >= 0.3 is 12.1 Å². The number of aliphatic carboxylic acids is 1. The SMILES string of the molecule is FC1(F)CNCCC1N1CCCC1.O=C(O)C(F)(F)F. The van der Waals surface area contributed by atoms with E-state index < -0.39 is 24.1 Å². The summed E-state index contributed by atoms with van der Waals surface area (Å²) in [5.74, 6) is -5.28. The number of nitrogens with one attached hydrogen (secondary N) is 1. The summed E-state index contributed by atoms with van der Waals surface area (Å²) in [5.41, 5.74) is 0. The highest BCUT2D eigenvalue weighted by molar-refractivity contribution is 5.73. The van der Waals surface area contributed by atoms with Crippen LogP contribution in [0.1, 0.15) is 19.3 Å². The van der Waals surface area contributed by atoms with Crippen LogP contribution in [-0.2, 0) is 4.79 Å². The number of piperidine rings is 1. The lowest BCUT2D eigenvalue weighted by Gasteiger charge is -2.37. The molecule has 0 saturated carbocycles. The van der Waals surface area contributed by atoms with Crippen molar-refractivity contribution in [1.82, 2.24) is 10.2 Å². The van der Waals surface area contributed by atoms with Crippen LogP contribution in [0.5, 0.6) is 0 Å². The molecule has 4 nitrogen and oxygen atoms in total. The van der Waals surface area contributed by atoms with Crippen LogP contribution >= 0.6 is 0 Å². The summed E-state index contributed by atoms with van der Waals surface area (Å²) in [6.07, 6.45) is -2.33. The van der Waals surface area contributed by atoms with Gasteiger partial charge in [0.15, 0.2) is 0 Å². The molecule has 20 heavy (non-hydrogen) atoms. The van der Waals surface area contributed by atoms with Gasteiger partial charge in [0.1, 0.15) is 0 Å². The maximum Gasteiger partial charge on any atom is 0.490 e. The van der Waals surface area contributed by atoms with Crippen LogP contribution in [0.2, 0.25) is 0 Å². The van der Waals surface area contributed by atoms with Crippen molar-refractivity contribution in [2.75, 3.05) is 26.2 Å². The Labute approximate surface area is 112 Å². The lowest BCUT2D eigenvalue weighted by Crippen LogP contribution is -2.56. The Morgan fingerprint density at radius 1 is 1.25 bits per heavy atom. The first-order valence-corrected chi connectivity index (χ1v) is 6.27. The van der Waals surface area contributed by atoms with Gasteiger partial charge in [-0.3, -0.25) is 4.90 Å². The van der Waals surface area contributed by atoms with Crippen molar-refractivity contribution in [3.8, 4) is 0 Å². The van der Waals surface area contributed by atoms with E-state index in [0.717, 1.165) is 32.5 Å². The van der Waals surface area contributed by atoms with Gasteiger partial charge in [-0.15, -0.1) is 0 Å². The van der Waals surface area contributed by atoms with E-state index in [9.17, 15) is 22.0 Å². The molecule has 0 aliphatic carbocycles. The molecule has 118 valence electrons. The third kappa shape index (κ3) is 4.86. The number of rotatable bonds is 1. The zero-order valence-corrected chi connectivity index (χ0v) is 10.7. The maximum absolute atomic E-state index is 13.4. The molecule has 2 aliphatic rings. The van der Waals surface area contributed by atoms with Gasteiger partial charge in [0.2, 0.25) is 0 Å². The molecular formula is C11H17F5N2O2. The smallest absolute Gasteiger partial charge is 0.475 e. The van der Waals surface area contributed by atoms with Crippen LogP contribution in [-0.4, -0.2) is 60.3 Å². The zero-order valence-electron chi connectivity index (χ0n) is 10.7. The monoisotopic (exact) mass is 304 g/mol. The van der Waals surface area contributed by atoms with Crippen LogP contribution in [0.3, 0.4) is 0 Å². The molecule has 0 bridgehead atoms. The third-order valence-electron chi connectivity index (χ3n) is 3.27. The quantitative estimate of drug-likeness (QED) is 0.724. The fourth-order valence-electron chi connectivity index (χ4n) is 2.33. The molecule has 0 spiro atoms. The van der Waals surface area contributed by atoms with Crippen LogP contribution in [0.4, 0.5) is 22.0 Å². The number of likely N-dealkylation sites (tertiary alicyclic amines) is 1. The molecule has 2 rings (SSSR count). The molecule has 0 aromatic heterocycles. The van der Waals surface area contributed by atoms with E-state index >= 15 is 0 Å². The van der Waals surface area contributed by atoms with Crippen molar-refractivity contribution in [2.24, 2.45) is 0 Å². The lowest BCUT2D eigenvalue weighted by molar-refractivity contribution is -0.192. The molecule has 0 amide bonds. The number of hydrogen-bond acceptors (Lipinski definition) is 3. The Morgan fingerprint density at radius 3 is 2.15 bits per heavy atom. The Kier molecular flexibility index (Phi) is 5.69. The van der Waals surface area contributed by atoms with Crippen LogP contribution in [0, 0.1) is 0 Å². The minimum absolute atomic E-state index is 0.145. The van der Waals surface area contributed by atoms with Crippen molar-refractivity contribution >= 4 is 5.97 Å². The van der Waals surface area contributed by atoms with Crippen molar-refractivity contribution in [2.45, 2.75) is 37.4 Å². The normalized spacial score (nSPS) is 26.8. The van der Waals surface area contributed by atoms with E-state index in [1.165, 1.54) is 0 Å². The summed E-state index contributed by atoms with van der Waals surface area (Å²) in [6.45, 7) is 2.31. The number of carbonyl (C=O) groups is 1. The van der Waals surface area contributed by atoms with Gasteiger partial charge < -0.3 is 10.4 Å². The Balaban J connectivity index is 0.000000246. The van der Waals surface area contributed by atoms with E-state index in [1.807, 2.05) is 4.90 Å². The first kappa shape index (κ1) is 17.1. The lowest BCUT2D eigenvalue weighted by atomic mass is 10.0. The van der Waals surface area contributed by atoms with Crippen molar-refractivity contribution in [3.05, 3.63) is 0 Å². The highest BCUT2D eigenvalue weighted by atomic mass is 19.4. The van der Waals surface area contributed by atoms with Crippen molar-refractivity contribution in [3.63, 3.8) is 0 Å². The fourth-order valence-corrected chi connectivity index (χ4v) is 2.33. The number of alkyl halides is 5. The van der Waals surface area contributed by atoms with Gasteiger partial charge in [-0.1, -0.05) is 0 Å². The number of carboxylic acid groups (broad SMARTS) is 1. The van der Waals surface area contributed by atoms with Crippen molar-refractivity contribution < 1.29 is 31.9 Å². The molecule has 9 heteroatoms. The Hall–Kier alpha value is -0.960. The summed E-state index contributed by atoms with van der Waals surface area (Å²) in [7, 11) is 0. The summed E-state index contributed by atoms with van der Waals surface area (Å²) < 4.78 is 58.6. The molecule has 0 radical (unpaired) electrons. The van der Waals surface area contributed by atoms with Gasteiger partial charge in [0.05, 0.1) is 12.6 Å². The summed E-state index contributed by atoms with van der Waals surface area (Å²) in [4.78, 5) is 10.9. The maximum atomic E-state index is 13.4. The van der Waals surface area contributed by atoms with E-state index in [4.69, 9.17) is 9.90 Å². The average Bonchev–Trinajstić information content (AvgIpc) is 2.81.